The lowest BCUT2D eigenvalue weighted by molar-refractivity contribution is 1.13. The standard InChI is InChI=1S/C54H35N5/c1-3-14-36(15-4-1)38-30-39(33-42(32-38)58-51-26-28-55-34-46(51)47-35-56-29-27-52(47)58)37-16-13-19-41(31-37)57-48-23-10-7-20-43(48)53-44-21-8-11-24-49(44)59(40-17-5-2-6-18-40)54(53)45-22-9-12-25-50(45)57/h1-35H. The summed E-state index contributed by atoms with van der Waals surface area (Å²) in [5.41, 5.74) is 18.3. The molecule has 0 unspecified atom stereocenters. The van der Waals surface area contributed by atoms with Gasteiger partial charge in [0.1, 0.15) is 0 Å². The number of fused-ring (bicyclic) bond motifs is 10. The molecule has 5 nitrogen and oxygen atoms in total. The summed E-state index contributed by atoms with van der Waals surface area (Å²) in [6.07, 6.45) is 7.63. The molecule has 0 atom stereocenters. The van der Waals surface area contributed by atoms with Crippen LogP contribution in [0.5, 0.6) is 0 Å². The SMILES string of the molecule is c1ccc(-c2cc(-c3cccc(N4c5ccccc5-c5c(n(-c6ccccc6)c6ccccc56)-c5ccccc54)c3)cc(-n3c4ccncc4c4cnccc43)c2)cc1. The normalized spacial score (nSPS) is 12.0. The molecular weight excluding hydrogens is 719 g/mol. The highest BCUT2D eigenvalue weighted by atomic mass is 15.2. The molecule has 0 radical (unpaired) electrons. The van der Waals surface area contributed by atoms with E-state index in [0.29, 0.717) is 0 Å². The van der Waals surface area contributed by atoms with Gasteiger partial charge in [-0.05, 0) is 95.1 Å². The van der Waals surface area contributed by atoms with Crippen molar-refractivity contribution in [3.63, 3.8) is 0 Å². The second-order valence-electron chi connectivity index (χ2n) is 15.1. The average molecular weight is 754 g/mol. The van der Waals surface area contributed by atoms with Crippen LogP contribution in [-0.4, -0.2) is 19.1 Å². The molecule has 0 saturated carbocycles. The van der Waals surface area contributed by atoms with Gasteiger partial charge in [0.15, 0.2) is 0 Å². The third-order valence-electron chi connectivity index (χ3n) is 11.8. The maximum atomic E-state index is 4.49. The number of anilines is 3. The van der Waals surface area contributed by atoms with Crippen molar-refractivity contribution in [3.8, 4) is 56.0 Å². The van der Waals surface area contributed by atoms with E-state index < -0.39 is 0 Å². The molecule has 0 aliphatic carbocycles. The molecule has 0 amide bonds. The number of rotatable bonds is 5. The van der Waals surface area contributed by atoms with Crippen LogP contribution in [0.15, 0.2) is 213 Å². The van der Waals surface area contributed by atoms with Crippen molar-refractivity contribution in [2.45, 2.75) is 0 Å². The summed E-state index contributed by atoms with van der Waals surface area (Å²) in [6.45, 7) is 0. The van der Waals surface area contributed by atoms with Crippen molar-refractivity contribution in [1.29, 1.82) is 0 Å². The van der Waals surface area contributed by atoms with Crippen LogP contribution in [0.25, 0.3) is 88.7 Å². The van der Waals surface area contributed by atoms with E-state index in [9.17, 15) is 0 Å². The number of aromatic nitrogens is 4. The van der Waals surface area contributed by atoms with Crippen molar-refractivity contribution >= 4 is 49.8 Å². The molecule has 0 N–H and O–H groups in total. The predicted octanol–water partition coefficient (Wildman–Crippen LogP) is 14.0. The first-order chi connectivity index (χ1) is 29.3. The van der Waals surface area contributed by atoms with Crippen molar-refractivity contribution in [2.75, 3.05) is 4.90 Å². The van der Waals surface area contributed by atoms with Crippen molar-refractivity contribution in [3.05, 3.63) is 213 Å². The number of pyridine rings is 2. The highest BCUT2D eigenvalue weighted by Gasteiger charge is 2.31. The zero-order chi connectivity index (χ0) is 38.9. The fourth-order valence-electron chi connectivity index (χ4n) is 9.29. The monoisotopic (exact) mass is 753 g/mol. The Kier molecular flexibility index (Phi) is 7.47. The van der Waals surface area contributed by atoms with Crippen LogP contribution in [0.4, 0.5) is 17.1 Å². The Balaban J connectivity index is 1.09. The Labute approximate surface area is 341 Å². The lowest BCUT2D eigenvalue weighted by Crippen LogP contribution is -2.11. The first-order valence-corrected chi connectivity index (χ1v) is 20.0. The molecule has 12 rings (SSSR count). The Hall–Kier alpha value is -8.02. The van der Waals surface area contributed by atoms with Crippen LogP contribution in [0.3, 0.4) is 0 Å². The number of hydrogen-bond acceptors (Lipinski definition) is 3. The number of nitrogens with zero attached hydrogens (tertiary/aromatic N) is 5. The molecule has 4 aromatic heterocycles. The van der Waals surface area contributed by atoms with Gasteiger partial charge in [0.05, 0.1) is 33.6 Å². The highest BCUT2D eigenvalue weighted by Crippen LogP contribution is 2.54. The zero-order valence-corrected chi connectivity index (χ0v) is 31.9. The molecule has 1 aliphatic rings. The molecule has 0 saturated heterocycles. The predicted molar refractivity (Wildman–Crippen MR) is 243 cm³/mol. The van der Waals surface area contributed by atoms with Gasteiger partial charge in [-0.1, -0.05) is 115 Å². The zero-order valence-electron chi connectivity index (χ0n) is 31.9. The fourth-order valence-corrected chi connectivity index (χ4v) is 9.29. The highest BCUT2D eigenvalue weighted by molar-refractivity contribution is 6.13. The second-order valence-corrected chi connectivity index (χ2v) is 15.1. The summed E-state index contributed by atoms with van der Waals surface area (Å²) < 4.78 is 4.79. The van der Waals surface area contributed by atoms with Gasteiger partial charge in [-0.2, -0.15) is 0 Å². The van der Waals surface area contributed by atoms with Crippen molar-refractivity contribution in [2.24, 2.45) is 0 Å². The van der Waals surface area contributed by atoms with Crippen LogP contribution in [0.1, 0.15) is 0 Å². The molecule has 5 heteroatoms. The van der Waals surface area contributed by atoms with Crippen LogP contribution in [0, 0.1) is 0 Å². The van der Waals surface area contributed by atoms with Gasteiger partial charge in [-0.15, -0.1) is 0 Å². The van der Waals surface area contributed by atoms with E-state index in [-0.39, 0.29) is 0 Å². The van der Waals surface area contributed by atoms with E-state index >= 15 is 0 Å². The number of hydrogen-bond donors (Lipinski definition) is 0. The molecular formula is C54H35N5. The van der Waals surface area contributed by atoms with E-state index in [1.165, 1.54) is 33.3 Å². The maximum absolute atomic E-state index is 4.49. The van der Waals surface area contributed by atoms with Gasteiger partial charge in [-0.25, -0.2) is 0 Å². The number of benzene rings is 7. The van der Waals surface area contributed by atoms with Gasteiger partial charge in [-0.3, -0.25) is 9.97 Å². The van der Waals surface area contributed by atoms with Crippen molar-refractivity contribution < 1.29 is 0 Å². The van der Waals surface area contributed by atoms with Gasteiger partial charge in [0.2, 0.25) is 0 Å². The molecule has 59 heavy (non-hydrogen) atoms. The summed E-state index contributed by atoms with van der Waals surface area (Å²) in [7, 11) is 0. The van der Waals surface area contributed by atoms with Crippen LogP contribution in [-0.2, 0) is 0 Å². The van der Waals surface area contributed by atoms with Gasteiger partial charge in [0.25, 0.3) is 0 Å². The fraction of sp³-hybridized carbons (Fsp3) is 0. The van der Waals surface area contributed by atoms with Crippen LogP contribution < -0.4 is 4.90 Å². The average Bonchev–Trinajstić information content (AvgIpc) is 3.79. The largest absolute Gasteiger partial charge is 0.309 e. The third kappa shape index (κ3) is 5.18. The smallest absolute Gasteiger partial charge is 0.0641 e. The lowest BCUT2D eigenvalue weighted by Gasteiger charge is -2.28. The molecule has 276 valence electrons. The summed E-state index contributed by atoms with van der Waals surface area (Å²) in [4.78, 5) is 11.4. The summed E-state index contributed by atoms with van der Waals surface area (Å²) in [5.74, 6) is 0. The van der Waals surface area contributed by atoms with Gasteiger partial charge >= 0.3 is 0 Å². The van der Waals surface area contributed by atoms with E-state index in [2.05, 4.69) is 212 Å². The minimum absolute atomic E-state index is 1.08. The van der Waals surface area contributed by atoms with E-state index in [0.717, 1.165) is 72.5 Å². The summed E-state index contributed by atoms with van der Waals surface area (Å²) in [6, 6.07) is 68.1. The van der Waals surface area contributed by atoms with Crippen molar-refractivity contribution in [1.82, 2.24) is 19.1 Å². The summed E-state index contributed by atoms with van der Waals surface area (Å²) in [5, 5.41) is 3.39. The first kappa shape index (κ1) is 33.2. The van der Waals surface area contributed by atoms with E-state index in [1.54, 1.807) is 0 Å². The van der Waals surface area contributed by atoms with E-state index in [1.807, 2.05) is 24.8 Å². The minimum atomic E-state index is 1.08. The van der Waals surface area contributed by atoms with Gasteiger partial charge in [0, 0.05) is 74.7 Å². The molecule has 1 aliphatic heterocycles. The quantitative estimate of drug-likeness (QED) is 0.176. The lowest BCUT2D eigenvalue weighted by atomic mass is 9.97. The Bertz CT molecular complexity index is 3340. The Morgan fingerprint density at radius 1 is 0.339 bits per heavy atom. The molecule has 0 fully saturated rings. The van der Waals surface area contributed by atoms with Crippen LogP contribution in [0.2, 0.25) is 0 Å². The Morgan fingerprint density at radius 3 is 1.63 bits per heavy atom. The Morgan fingerprint density at radius 2 is 0.881 bits per heavy atom. The topological polar surface area (TPSA) is 38.9 Å². The first-order valence-electron chi connectivity index (χ1n) is 20.0. The van der Waals surface area contributed by atoms with Crippen LogP contribution >= 0.6 is 0 Å². The minimum Gasteiger partial charge on any atom is -0.309 e. The van der Waals surface area contributed by atoms with Gasteiger partial charge < -0.3 is 14.0 Å². The maximum Gasteiger partial charge on any atom is 0.0641 e. The molecule has 0 bridgehead atoms. The molecule has 5 heterocycles. The number of para-hydroxylation sites is 4. The third-order valence-corrected chi connectivity index (χ3v) is 11.8. The second kappa shape index (κ2) is 13.3. The molecule has 11 aromatic rings. The summed E-state index contributed by atoms with van der Waals surface area (Å²) >= 11 is 0. The molecule has 7 aromatic carbocycles. The molecule has 0 spiro atoms. The van der Waals surface area contributed by atoms with E-state index in [4.69, 9.17) is 0 Å².